The first-order chi connectivity index (χ1) is 9.17. The lowest BCUT2D eigenvalue weighted by Crippen LogP contribution is -2.29. The molecule has 0 radical (unpaired) electrons. The van der Waals surface area contributed by atoms with Crippen LogP contribution in [0, 0.1) is 18.8 Å². The van der Waals surface area contributed by atoms with Crippen LogP contribution in [0.15, 0.2) is 18.2 Å². The van der Waals surface area contributed by atoms with Crippen LogP contribution in [0.3, 0.4) is 0 Å². The van der Waals surface area contributed by atoms with E-state index in [9.17, 15) is 4.79 Å². The fourth-order valence-electron chi connectivity index (χ4n) is 1.46. The topological polar surface area (TPSA) is 61.4 Å². The van der Waals surface area contributed by atoms with Crippen LogP contribution in [0.4, 0.5) is 10.5 Å². The molecule has 0 bridgehead atoms. The average Bonchev–Trinajstić information content (AvgIpc) is 2.40. The maximum atomic E-state index is 11.6. The summed E-state index contributed by atoms with van der Waals surface area (Å²) in [4.78, 5) is 11.6. The number of aliphatic hydroxyl groups is 1. The first-order valence-corrected chi connectivity index (χ1v) is 6.42. The highest BCUT2D eigenvalue weighted by molar-refractivity contribution is 5.90. The van der Waals surface area contributed by atoms with E-state index in [4.69, 9.17) is 5.11 Å². The van der Waals surface area contributed by atoms with Gasteiger partial charge in [0.15, 0.2) is 0 Å². The van der Waals surface area contributed by atoms with E-state index in [0.717, 1.165) is 23.2 Å². The van der Waals surface area contributed by atoms with Gasteiger partial charge >= 0.3 is 6.03 Å². The van der Waals surface area contributed by atoms with Crippen molar-refractivity contribution in [3.05, 3.63) is 29.3 Å². The Kier molecular flexibility index (Phi) is 6.48. The van der Waals surface area contributed by atoms with Crippen molar-refractivity contribution in [2.45, 2.75) is 26.7 Å². The fraction of sp³-hybridized carbons (Fsp3) is 0.400. The summed E-state index contributed by atoms with van der Waals surface area (Å²) in [7, 11) is 0. The summed E-state index contributed by atoms with van der Waals surface area (Å²) in [6.45, 7) is 4.65. The predicted octanol–water partition coefficient (Wildman–Crippen LogP) is 2.26. The summed E-state index contributed by atoms with van der Waals surface area (Å²) < 4.78 is 0. The molecule has 0 atom stereocenters. The number of carbonyl (C=O) groups is 1. The highest BCUT2D eigenvalue weighted by atomic mass is 16.2. The molecule has 4 heteroatoms. The van der Waals surface area contributed by atoms with E-state index in [0.29, 0.717) is 13.0 Å². The minimum Gasteiger partial charge on any atom is -0.395 e. The molecule has 4 nitrogen and oxygen atoms in total. The molecule has 0 aliphatic heterocycles. The van der Waals surface area contributed by atoms with Gasteiger partial charge in [0.1, 0.15) is 0 Å². The van der Waals surface area contributed by atoms with E-state index in [1.807, 2.05) is 32.0 Å². The smallest absolute Gasteiger partial charge is 0.319 e. The van der Waals surface area contributed by atoms with Crippen LogP contribution in [0.5, 0.6) is 0 Å². The van der Waals surface area contributed by atoms with Crippen molar-refractivity contribution in [1.29, 1.82) is 0 Å². The molecule has 0 unspecified atom stereocenters. The van der Waals surface area contributed by atoms with Crippen LogP contribution in [0.2, 0.25) is 0 Å². The standard InChI is InChI=1S/C15H20N2O2/c1-3-9-16-15(19)17-14-11-13(6-4-5-10-18)8-7-12(14)2/h7-8,11,18H,3,5,9-10H2,1-2H3,(H2,16,17,19). The largest absolute Gasteiger partial charge is 0.395 e. The van der Waals surface area contributed by atoms with Gasteiger partial charge in [-0.25, -0.2) is 4.79 Å². The SMILES string of the molecule is CCCNC(=O)Nc1cc(C#CCCO)ccc1C. The number of benzene rings is 1. The molecule has 102 valence electrons. The van der Waals surface area contributed by atoms with Gasteiger partial charge in [-0.2, -0.15) is 0 Å². The van der Waals surface area contributed by atoms with Gasteiger partial charge in [0.2, 0.25) is 0 Å². The first kappa shape index (κ1) is 15.1. The fourth-order valence-corrected chi connectivity index (χ4v) is 1.46. The van der Waals surface area contributed by atoms with Gasteiger partial charge in [-0.1, -0.05) is 24.8 Å². The molecule has 0 saturated heterocycles. The predicted molar refractivity (Wildman–Crippen MR) is 77.1 cm³/mol. The molecule has 1 aromatic rings. The van der Waals surface area contributed by atoms with Gasteiger partial charge in [0, 0.05) is 24.2 Å². The molecule has 2 amide bonds. The third kappa shape index (κ3) is 5.45. The molecule has 1 rings (SSSR count). The molecule has 0 aliphatic carbocycles. The lowest BCUT2D eigenvalue weighted by Gasteiger charge is -2.09. The van der Waals surface area contributed by atoms with E-state index in [2.05, 4.69) is 22.5 Å². The zero-order valence-corrected chi connectivity index (χ0v) is 11.4. The van der Waals surface area contributed by atoms with Crippen LogP contribution < -0.4 is 10.6 Å². The number of aliphatic hydroxyl groups excluding tert-OH is 1. The Morgan fingerprint density at radius 3 is 2.89 bits per heavy atom. The highest BCUT2D eigenvalue weighted by Gasteiger charge is 2.03. The minimum absolute atomic E-state index is 0.0589. The van der Waals surface area contributed by atoms with Gasteiger partial charge in [-0.3, -0.25) is 0 Å². The summed E-state index contributed by atoms with van der Waals surface area (Å²) in [6.07, 6.45) is 1.35. The number of aryl methyl sites for hydroxylation is 1. The summed E-state index contributed by atoms with van der Waals surface area (Å²) in [5.41, 5.74) is 2.56. The number of urea groups is 1. The summed E-state index contributed by atoms with van der Waals surface area (Å²) in [6, 6.07) is 5.45. The number of carbonyl (C=O) groups excluding carboxylic acids is 1. The monoisotopic (exact) mass is 260 g/mol. The van der Waals surface area contributed by atoms with Gasteiger partial charge in [-0.15, -0.1) is 0 Å². The molecule has 0 heterocycles. The average molecular weight is 260 g/mol. The molecule has 1 aromatic carbocycles. The highest BCUT2D eigenvalue weighted by Crippen LogP contribution is 2.16. The second kappa shape index (κ2) is 8.17. The van der Waals surface area contributed by atoms with E-state index in [-0.39, 0.29) is 12.6 Å². The zero-order chi connectivity index (χ0) is 14.1. The Morgan fingerprint density at radius 2 is 2.21 bits per heavy atom. The van der Waals surface area contributed by atoms with Crippen LogP contribution in [-0.4, -0.2) is 24.3 Å². The molecule has 3 N–H and O–H groups in total. The normalized spacial score (nSPS) is 9.42. The molecule has 0 aliphatic rings. The van der Waals surface area contributed by atoms with Gasteiger partial charge in [0.05, 0.1) is 6.61 Å². The van der Waals surface area contributed by atoms with E-state index in [1.54, 1.807) is 0 Å². The molecule has 0 aromatic heterocycles. The van der Waals surface area contributed by atoms with Crippen LogP contribution in [-0.2, 0) is 0 Å². The molecular weight excluding hydrogens is 240 g/mol. The Morgan fingerprint density at radius 1 is 1.42 bits per heavy atom. The number of amides is 2. The van der Waals surface area contributed by atoms with E-state index < -0.39 is 0 Å². The van der Waals surface area contributed by atoms with E-state index >= 15 is 0 Å². The number of hydrogen-bond acceptors (Lipinski definition) is 2. The van der Waals surface area contributed by atoms with Crippen LogP contribution >= 0.6 is 0 Å². The van der Waals surface area contributed by atoms with Crippen molar-refractivity contribution in [1.82, 2.24) is 5.32 Å². The Hall–Kier alpha value is -1.99. The number of nitrogens with one attached hydrogen (secondary N) is 2. The van der Waals surface area contributed by atoms with Crippen molar-refractivity contribution in [2.24, 2.45) is 0 Å². The Bertz CT molecular complexity index is 487. The van der Waals surface area contributed by atoms with Crippen LogP contribution in [0.1, 0.15) is 30.9 Å². The molecular formula is C15H20N2O2. The van der Waals surface area contributed by atoms with Crippen molar-refractivity contribution >= 4 is 11.7 Å². The number of hydrogen-bond donors (Lipinski definition) is 3. The van der Waals surface area contributed by atoms with Gasteiger partial charge in [0.25, 0.3) is 0 Å². The summed E-state index contributed by atoms with van der Waals surface area (Å²) in [5, 5.41) is 14.2. The van der Waals surface area contributed by atoms with Gasteiger partial charge < -0.3 is 15.7 Å². The van der Waals surface area contributed by atoms with Crippen LogP contribution in [0.25, 0.3) is 0 Å². The maximum absolute atomic E-state index is 11.6. The third-order valence-corrected chi connectivity index (χ3v) is 2.49. The number of anilines is 1. The molecule has 0 saturated carbocycles. The summed E-state index contributed by atoms with van der Waals surface area (Å²) in [5.74, 6) is 5.81. The quantitative estimate of drug-likeness (QED) is 0.727. The lowest BCUT2D eigenvalue weighted by atomic mass is 10.1. The van der Waals surface area contributed by atoms with Crippen molar-refractivity contribution in [3.63, 3.8) is 0 Å². The molecule has 0 fully saturated rings. The van der Waals surface area contributed by atoms with Crippen molar-refractivity contribution in [3.8, 4) is 11.8 Å². The Balaban J connectivity index is 2.75. The zero-order valence-electron chi connectivity index (χ0n) is 11.4. The third-order valence-electron chi connectivity index (χ3n) is 2.49. The second-order valence-electron chi connectivity index (χ2n) is 4.19. The number of rotatable bonds is 4. The first-order valence-electron chi connectivity index (χ1n) is 6.42. The second-order valence-corrected chi connectivity index (χ2v) is 4.19. The summed E-state index contributed by atoms with van der Waals surface area (Å²) >= 11 is 0. The van der Waals surface area contributed by atoms with Crippen molar-refractivity contribution in [2.75, 3.05) is 18.5 Å². The van der Waals surface area contributed by atoms with E-state index in [1.165, 1.54) is 0 Å². The molecule has 19 heavy (non-hydrogen) atoms. The molecule has 0 spiro atoms. The van der Waals surface area contributed by atoms with Crippen molar-refractivity contribution < 1.29 is 9.90 Å². The maximum Gasteiger partial charge on any atom is 0.319 e. The minimum atomic E-state index is -0.203. The van der Waals surface area contributed by atoms with Gasteiger partial charge in [-0.05, 0) is 31.0 Å². The lowest BCUT2D eigenvalue weighted by molar-refractivity contribution is 0.252. The Labute approximate surface area is 114 Å².